The van der Waals surface area contributed by atoms with E-state index in [9.17, 15) is 9.59 Å². The zero-order valence-corrected chi connectivity index (χ0v) is 17.7. The summed E-state index contributed by atoms with van der Waals surface area (Å²) < 4.78 is 6.13. The van der Waals surface area contributed by atoms with Crippen LogP contribution in [0, 0.1) is 0 Å². The summed E-state index contributed by atoms with van der Waals surface area (Å²) in [7, 11) is 0. The van der Waals surface area contributed by atoms with E-state index in [2.05, 4.69) is 15.2 Å². The fourth-order valence-corrected chi connectivity index (χ4v) is 4.63. The molecule has 7 nitrogen and oxygen atoms in total. The first-order valence-electron chi connectivity index (χ1n) is 10.2. The van der Waals surface area contributed by atoms with Crippen molar-refractivity contribution in [2.45, 2.75) is 6.04 Å². The number of hydrogen-bond acceptors (Lipinski definition) is 6. The number of nitrogens with one attached hydrogen (secondary N) is 1. The molecule has 2 aromatic carbocycles. The Kier molecular flexibility index (Phi) is 5.40. The third-order valence-electron chi connectivity index (χ3n) is 5.65. The summed E-state index contributed by atoms with van der Waals surface area (Å²) in [4.78, 5) is 33.5. The van der Waals surface area contributed by atoms with Crippen molar-refractivity contribution in [3.63, 3.8) is 0 Å². The lowest BCUT2D eigenvalue weighted by atomic mass is 10.0. The third kappa shape index (κ3) is 4.17. The van der Waals surface area contributed by atoms with Crippen molar-refractivity contribution in [1.29, 1.82) is 0 Å². The number of carbonyl (C=O) groups excluding carboxylic acids is 2. The van der Waals surface area contributed by atoms with Gasteiger partial charge < -0.3 is 15.0 Å². The van der Waals surface area contributed by atoms with Gasteiger partial charge in [-0.1, -0.05) is 36.4 Å². The Morgan fingerprint density at radius 1 is 1.13 bits per heavy atom. The lowest BCUT2D eigenvalue weighted by Crippen LogP contribution is -2.57. The van der Waals surface area contributed by atoms with E-state index in [1.54, 1.807) is 16.5 Å². The lowest BCUT2D eigenvalue weighted by molar-refractivity contribution is -0.118. The quantitative estimate of drug-likeness (QED) is 0.671. The van der Waals surface area contributed by atoms with Gasteiger partial charge in [-0.3, -0.25) is 14.5 Å². The fourth-order valence-electron chi connectivity index (χ4n) is 4.03. The Morgan fingerprint density at radius 3 is 2.81 bits per heavy atom. The second-order valence-electron chi connectivity index (χ2n) is 7.65. The molecule has 1 saturated heterocycles. The number of hydrogen-bond donors (Lipinski definition) is 1. The Hall–Kier alpha value is -3.23. The van der Waals surface area contributed by atoms with Crippen LogP contribution in [0.4, 0.5) is 5.69 Å². The Morgan fingerprint density at radius 2 is 2.00 bits per heavy atom. The molecule has 2 aliphatic heterocycles. The van der Waals surface area contributed by atoms with Crippen LogP contribution < -0.4 is 10.1 Å². The monoisotopic (exact) mass is 434 g/mol. The average Bonchev–Trinajstić information content (AvgIpc) is 3.35. The van der Waals surface area contributed by atoms with E-state index in [4.69, 9.17) is 4.74 Å². The van der Waals surface area contributed by atoms with Crippen molar-refractivity contribution in [3.05, 3.63) is 65.1 Å². The first-order chi connectivity index (χ1) is 15.2. The molecule has 0 bridgehead atoms. The Balaban J connectivity index is 1.36. The number of fused-ring (bicyclic) bond motifs is 2. The average molecular weight is 435 g/mol. The van der Waals surface area contributed by atoms with Crippen molar-refractivity contribution in [2.24, 2.45) is 0 Å². The van der Waals surface area contributed by atoms with E-state index in [0.717, 1.165) is 11.1 Å². The van der Waals surface area contributed by atoms with Gasteiger partial charge in [0.15, 0.2) is 5.01 Å². The number of nitrogens with zero attached hydrogens (tertiary/aromatic N) is 3. The van der Waals surface area contributed by atoms with Gasteiger partial charge in [0.2, 0.25) is 5.91 Å². The van der Waals surface area contributed by atoms with Crippen LogP contribution in [0.2, 0.25) is 0 Å². The molecule has 0 unspecified atom stereocenters. The lowest BCUT2D eigenvalue weighted by Gasteiger charge is -2.40. The molecule has 31 heavy (non-hydrogen) atoms. The second kappa shape index (κ2) is 8.49. The van der Waals surface area contributed by atoms with E-state index in [0.29, 0.717) is 42.7 Å². The molecule has 1 atom stereocenters. The largest absolute Gasteiger partial charge is 0.490 e. The number of aromatic nitrogens is 1. The molecule has 0 saturated carbocycles. The molecule has 8 heteroatoms. The van der Waals surface area contributed by atoms with Crippen LogP contribution >= 0.6 is 11.3 Å². The van der Waals surface area contributed by atoms with Gasteiger partial charge in [-0.25, -0.2) is 4.98 Å². The number of anilines is 1. The summed E-state index contributed by atoms with van der Waals surface area (Å²) in [5.74, 6) is 0.492. The van der Waals surface area contributed by atoms with E-state index >= 15 is 0 Å². The van der Waals surface area contributed by atoms with Crippen molar-refractivity contribution >= 4 is 28.8 Å². The highest BCUT2D eigenvalue weighted by molar-refractivity contribution is 7.11. The van der Waals surface area contributed by atoms with Gasteiger partial charge in [0, 0.05) is 31.2 Å². The molecular weight excluding hydrogens is 412 g/mol. The number of carbonyl (C=O) groups is 2. The number of rotatable bonds is 2. The predicted molar refractivity (Wildman–Crippen MR) is 119 cm³/mol. The minimum absolute atomic E-state index is 0.0631. The van der Waals surface area contributed by atoms with Crippen LogP contribution in [0.15, 0.2) is 60.1 Å². The van der Waals surface area contributed by atoms with Crippen LogP contribution in [0.5, 0.6) is 5.75 Å². The molecule has 1 aromatic heterocycles. The Labute approximate surface area is 184 Å². The van der Waals surface area contributed by atoms with Crippen LogP contribution in [0.25, 0.3) is 11.1 Å². The molecule has 5 rings (SSSR count). The van der Waals surface area contributed by atoms with Gasteiger partial charge >= 0.3 is 0 Å². The SMILES string of the molecule is O=C1CN2CCN(C(=O)c3nccs3)C[C@H]2COc2ccc(-c3ccccc3)cc2N1. The molecule has 3 aromatic rings. The zero-order chi connectivity index (χ0) is 21.2. The van der Waals surface area contributed by atoms with Gasteiger partial charge in [-0.05, 0) is 23.3 Å². The predicted octanol–water partition coefficient (Wildman–Crippen LogP) is 2.97. The maximum absolute atomic E-state index is 12.8. The van der Waals surface area contributed by atoms with Crippen molar-refractivity contribution < 1.29 is 14.3 Å². The highest BCUT2D eigenvalue weighted by Gasteiger charge is 2.33. The standard InChI is InChI=1S/C23H22N4O3S/c28-21-14-26-9-10-27(23(29)22-24-8-11-31-22)13-18(26)15-30-20-7-6-17(12-19(20)25-21)16-4-2-1-3-5-16/h1-8,11-12,18H,9-10,13-15H2,(H,25,28)/t18-/m0/s1. The van der Waals surface area contributed by atoms with E-state index in [1.807, 2.05) is 48.5 Å². The highest BCUT2D eigenvalue weighted by Crippen LogP contribution is 2.32. The van der Waals surface area contributed by atoms with Gasteiger partial charge in [0.1, 0.15) is 12.4 Å². The van der Waals surface area contributed by atoms with Gasteiger partial charge in [0.05, 0.1) is 18.3 Å². The van der Waals surface area contributed by atoms with Crippen LogP contribution in [-0.2, 0) is 4.79 Å². The minimum atomic E-state index is -0.0818. The minimum Gasteiger partial charge on any atom is -0.490 e. The summed E-state index contributed by atoms with van der Waals surface area (Å²) in [5.41, 5.74) is 2.76. The van der Waals surface area contributed by atoms with E-state index < -0.39 is 0 Å². The van der Waals surface area contributed by atoms with Crippen LogP contribution in [0.3, 0.4) is 0 Å². The van der Waals surface area contributed by atoms with Crippen LogP contribution in [0.1, 0.15) is 9.80 Å². The molecule has 0 radical (unpaired) electrons. The van der Waals surface area contributed by atoms with Crippen molar-refractivity contribution in [3.8, 4) is 16.9 Å². The first kappa shape index (κ1) is 19.7. The van der Waals surface area contributed by atoms with Crippen molar-refractivity contribution in [1.82, 2.24) is 14.8 Å². The zero-order valence-electron chi connectivity index (χ0n) is 16.9. The number of thiazole rings is 1. The highest BCUT2D eigenvalue weighted by atomic mass is 32.1. The number of piperazine rings is 1. The first-order valence-corrected chi connectivity index (χ1v) is 11.1. The Bertz CT molecular complexity index is 1090. The van der Waals surface area contributed by atoms with E-state index in [1.165, 1.54) is 11.3 Å². The normalized spacial score (nSPS) is 19.2. The summed E-state index contributed by atoms with van der Waals surface area (Å²) in [6.45, 7) is 2.34. The molecule has 3 heterocycles. The fraction of sp³-hybridized carbons (Fsp3) is 0.261. The molecule has 158 valence electrons. The molecule has 1 fully saturated rings. The summed E-state index contributed by atoms with van der Waals surface area (Å²) in [6.07, 6.45) is 1.64. The maximum Gasteiger partial charge on any atom is 0.282 e. The topological polar surface area (TPSA) is 74.8 Å². The summed E-state index contributed by atoms with van der Waals surface area (Å²) in [5, 5.41) is 5.30. The smallest absolute Gasteiger partial charge is 0.282 e. The summed E-state index contributed by atoms with van der Waals surface area (Å²) >= 11 is 1.34. The van der Waals surface area contributed by atoms with Gasteiger partial charge in [0.25, 0.3) is 5.91 Å². The molecule has 0 spiro atoms. The molecule has 0 aliphatic carbocycles. The third-order valence-corrected chi connectivity index (χ3v) is 6.41. The molecule has 2 amide bonds. The van der Waals surface area contributed by atoms with Crippen LogP contribution in [-0.4, -0.2) is 65.4 Å². The van der Waals surface area contributed by atoms with Crippen molar-refractivity contribution in [2.75, 3.05) is 38.1 Å². The number of amides is 2. The van der Waals surface area contributed by atoms with Gasteiger partial charge in [-0.2, -0.15) is 0 Å². The van der Waals surface area contributed by atoms with E-state index in [-0.39, 0.29) is 24.4 Å². The molecule has 2 aliphatic rings. The number of benzene rings is 2. The number of ether oxygens (including phenoxy) is 1. The molecule has 1 N–H and O–H groups in total. The van der Waals surface area contributed by atoms with Gasteiger partial charge in [-0.15, -0.1) is 11.3 Å². The second-order valence-corrected chi connectivity index (χ2v) is 8.54. The molecular formula is C23H22N4O3S. The summed E-state index contributed by atoms with van der Waals surface area (Å²) in [6, 6.07) is 15.8. The maximum atomic E-state index is 12.8.